The zero-order valence-electron chi connectivity index (χ0n) is 26.5. The maximum Gasteiger partial charge on any atom is 0.407 e. The number of anilines is 1. The van der Waals surface area contributed by atoms with Gasteiger partial charge in [0.2, 0.25) is 5.91 Å². The van der Waals surface area contributed by atoms with Gasteiger partial charge in [-0.1, -0.05) is 109 Å². The van der Waals surface area contributed by atoms with Crippen molar-refractivity contribution < 1.29 is 14.7 Å². The Balaban J connectivity index is 1.49. The van der Waals surface area contributed by atoms with Gasteiger partial charge in [0.05, 0.1) is 23.1 Å². The van der Waals surface area contributed by atoms with Gasteiger partial charge in [-0.25, -0.2) is 9.48 Å². The molecule has 1 unspecified atom stereocenters. The number of carbonyl (C=O) groups is 2. The lowest BCUT2D eigenvalue weighted by Gasteiger charge is -2.37. The summed E-state index contributed by atoms with van der Waals surface area (Å²) >= 11 is 6.67. The van der Waals surface area contributed by atoms with Gasteiger partial charge in [-0.3, -0.25) is 4.79 Å². The minimum atomic E-state index is -1.04. The van der Waals surface area contributed by atoms with Crippen LogP contribution in [0, 0.1) is 17.2 Å². The maximum atomic E-state index is 13.9. The van der Waals surface area contributed by atoms with Crippen molar-refractivity contribution in [3.63, 3.8) is 0 Å². The molecule has 9 heteroatoms. The Morgan fingerprint density at radius 2 is 1.47 bits per heavy atom. The Morgan fingerprint density at radius 1 is 0.857 bits per heavy atom. The van der Waals surface area contributed by atoms with E-state index in [-0.39, 0.29) is 12.5 Å². The van der Waals surface area contributed by atoms with Crippen LogP contribution in [-0.4, -0.2) is 44.9 Å². The molecule has 0 bridgehead atoms. The molecular weight excluding hydrogens is 634 g/mol. The summed E-state index contributed by atoms with van der Waals surface area (Å²) in [5, 5.41) is 28.7. The SMILES string of the molecule is N#Cc1ccc(Cl)c(-c2ccc3c(c2)c(NC(=O)C2CCCN(C(=O)O)C2)nn3C(c2ccccc2)(c2ccccc2)c2ccccc2)c1. The van der Waals surface area contributed by atoms with Gasteiger partial charge < -0.3 is 15.3 Å². The number of nitriles is 1. The van der Waals surface area contributed by atoms with E-state index in [1.54, 1.807) is 18.2 Å². The van der Waals surface area contributed by atoms with Gasteiger partial charge >= 0.3 is 6.09 Å². The molecule has 1 aliphatic rings. The number of piperidine rings is 1. The van der Waals surface area contributed by atoms with E-state index in [2.05, 4.69) is 47.8 Å². The summed E-state index contributed by atoms with van der Waals surface area (Å²) in [4.78, 5) is 27.0. The second kappa shape index (κ2) is 13.3. The van der Waals surface area contributed by atoms with E-state index in [4.69, 9.17) is 16.7 Å². The summed E-state index contributed by atoms with van der Waals surface area (Å²) in [5.74, 6) is -0.483. The Kier molecular flexibility index (Phi) is 8.60. The van der Waals surface area contributed by atoms with Gasteiger partial charge in [0, 0.05) is 29.1 Å². The number of carboxylic acid groups (broad SMARTS) is 1. The molecule has 0 saturated carbocycles. The number of likely N-dealkylation sites (tertiary alicyclic amines) is 1. The predicted octanol–water partition coefficient (Wildman–Crippen LogP) is 8.40. The number of nitrogens with one attached hydrogen (secondary N) is 1. The first-order valence-electron chi connectivity index (χ1n) is 16.1. The number of aromatic nitrogens is 2. The highest BCUT2D eigenvalue weighted by atomic mass is 35.5. The second-order valence-corrected chi connectivity index (χ2v) is 12.6. The fourth-order valence-corrected chi connectivity index (χ4v) is 7.16. The monoisotopic (exact) mass is 665 g/mol. The summed E-state index contributed by atoms with van der Waals surface area (Å²) in [6, 6.07) is 43.6. The van der Waals surface area contributed by atoms with E-state index in [0.717, 1.165) is 27.8 Å². The first kappa shape index (κ1) is 31.7. The Hall–Kier alpha value is -5.91. The molecule has 6 aromatic rings. The molecule has 2 N–H and O–H groups in total. The number of hydrogen-bond acceptors (Lipinski definition) is 4. The number of halogens is 1. The zero-order valence-corrected chi connectivity index (χ0v) is 27.2. The number of nitrogens with zero attached hydrogens (tertiary/aromatic N) is 4. The van der Waals surface area contributed by atoms with Gasteiger partial charge in [0.15, 0.2) is 5.82 Å². The Labute approximate surface area is 288 Å². The molecule has 1 aromatic heterocycles. The van der Waals surface area contributed by atoms with Gasteiger partial charge in [-0.05, 0) is 65.4 Å². The van der Waals surface area contributed by atoms with Gasteiger partial charge in [0.1, 0.15) is 5.54 Å². The van der Waals surface area contributed by atoms with E-state index in [1.165, 1.54) is 4.90 Å². The third-order valence-corrected chi connectivity index (χ3v) is 9.61. The quantitative estimate of drug-likeness (QED) is 0.166. The van der Waals surface area contributed by atoms with Crippen LogP contribution in [0.25, 0.3) is 22.0 Å². The third-order valence-electron chi connectivity index (χ3n) is 9.28. The molecule has 49 heavy (non-hydrogen) atoms. The number of amides is 2. The van der Waals surface area contributed by atoms with E-state index >= 15 is 0 Å². The van der Waals surface area contributed by atoms with Gasteiger partial charge in [0.25, 0.3) is 0 Å². The molecule has 1 aliphatic heterocycles. The lowest BCUT2D eigenvalue weighted by Crippen LogP contribution is -2.43. The molecular formula is C40H32ClN5O3. The summed E-state index contributed by atoms with van der Waals surface area (Å²) in [6.07, 6.45) is 0.126. The summed E-state index contributed by atoms with van der Waals surface area (Å²) < 4.78 is 1.97. The average molecular weight is 666 g/mol. The number of benzene rings is 5. The predicted molar refractivity (Wildman–Crippen MR) is 190 cm³/mol. The van der Waals surface area contributed by atoms with Crippen molar-refractivity contribution in [2.24, 2.45) is 5.92 Å². The van der Waals surface area contributed by atoms with E-state index in [0.29, 0.717) is 46.7 Å². The average Bonchev–Trinajstić information content (AvgIpc) is 3.50. The van der Waals surface area contributed by atoms with Crippen molar-refractivity contribution in [3.05, 3.63) is 155 Å². The molecule has 5 aromatic carbocycles. The van der Waals surface area contributed by atoms with Crippen LogP contribution in [0.2, 0.25) is 5.02 Å². The summed E-state index contributed by atoms with van der Waals surface area (Å²) in [6.45, 7) is 0.514. The van der Waals surface area contributed by atoms with Crippen LogP contribution >= 0.6 is 11.6 Å². The summed E-state index contributed by atoms with van der Waals surface area (Å²) in [7, 11) is 0. The van der Waals surface area contributed by atoms with Gasteiger partial charge in [-0.2, -0.15) is 10.4 Å². The highest BCUT2D eigenvalue weighted by Crippen LogP contribution is 2.44. The van der Waals surface area contributed by atoms with Crippen LogP contribution in [0.1, 0.15) is 35.1 Å². The van der Waals surface area contributed by atoms with Crippen LogP contribution in [-0.2, 0) is 10.3 Å². The number of hydrogen-bond donors (Lipinski definition) is 2. The van der Waals surface area contributed by atoms with Crippen molar-refractivity contribution >= 4 is 40.3 Å². The fourth-order valence-electron chi connectivity index (χ4n) is 6.94. The minimum Gasteiger partial charge on any atom is -0.465 e. The molecule has 242 valence electrons. The topological polar surface area (TPSA) is 111 Å². The van der Waals surface area contributed by atoms with Crippen LogP contribution < -0.4 is 5.32 Å². The van der Waals surface area contributed by atoms with Crippen molar-refractivity contribution in [2.45, 2.75) is 18.4 Å². The highest BCUT2D eigenvalue weighted by molar-refractivity contribution is 6.33. The largest absolute Gasteiger partial charge is 0.465 e. The number of rotatable bonds is 7. The molecule has 1 atom stereocenters. The van der Waals surface area contributed by atoms with Crippen molar-refractivity contribution in [1.29, 1.82) is 5.26 Å². The second-order valence-electron chi connectivity index (χ2n) is 12.2. The zero-order chi connectivity index (χ0) is 34.0. The van der Waals surface area contributed by atoms with Gasteiger partial charge in [-0.15, -0.1) is 0 Å². The summed E-state index contributed by atoms with van der Waals surface area (Å²) in [5.41, 5.74) is 4.59. The molecule has 0 spiro atoms. The van der Waals surface area contributed by atoms with E-state index in [1.807, 2.05) is 77.5 Å². The molecule has 2 heterocycles. The minimum absolute atomic E-state index is 0.115. The fraction of sp³-hybridized carbons (Fsp3) is 0.150. The molecule has 1 fully saturated rings. The Morgan fingerprint density at radius 3 is 2.04 bits per heavy atom. The third kappa shape index (κ3) is 5.79. The van der Waals surface area contributed by atoms with Crippen LogP contribution in [0.5, 0.6) is 0 Å². The molecule has 0 radical (unpaired) electrons. The Bertz CT molecular complexity index is 2100. The number of fused-ring (bicyclic) bond motifs is 1. The van der Waals surface area contributed by atoms with Crippen molar-refractivity contribution in [2.75, 3.05) is 18.4 Å². The lowest BCUT2D eigenvalue weighted by molar-refractivity contribution is -0.121. The van der Waals surface area contributed by atoms with E-state index in [9.17, 15) is 20.0 Å². The molecule has 1 saturated heterocycles. The molecule has 8 nitrogen and oxygen atoms in total. The first-order valence-corrected chi connectivity index (χ1v) is 16.5. The van der Waals surface area contributed by atoms with Crippen molar-refractivity contribution in [1.82, 2.24) is 14.7 Å². The van der Waals surface area contributed by atoms with Crippen molar-refractivity contribution in [3.8, 4) is 17.2 Å². The normalized spacial score (nSPS) is 14.7. The molecule has 2 amide bonds. The standard InChI is InChI=1S/C40H32ClN5O3/c41-35-20-18-27(25-42)23-33(35)28-19-21-36-34(24-28)37(43-38(47)29-11-10-22-45(26-29)39(48)49)44-46(36)40(30-12-4-1-5-13-30,31-14-6-2-7-15-31)32-16-8-3-9-17-32/h1-9,12-21,23-24,29H,10-11,22,26H2,(H,48,49)(H,43,44,47). The maximum absolute atomic E-state index is 13.9. The molecule has 7 rings (SSSR count). The highest BCUT2D eigenvalue weighted by Gasteiger charge is 2.41. The lowest BCUT2D eigenvalue weighted by atomic mass is 9.77. The first-order chi connectivity index (χ1) is 23.9. The number of carbonyl (C=O) groups excluding carboxylic acids is 1. The van der Waals surface area contributed by atoms with E-state index < -0.39 is 17.6 Å². The molecule has 0 aliphatic carbocycles. The van der Waals surface area contributed by atoms with Crippen LogP contribution in [0.4, 0.5) is 10.6 Å². The van der Waals surface area contributed by atoms with Crippen LogP contribution in [0.15, 0.2) is 127 Å². The smallest absolute Gasteiger partial charge is 0.407 e. The van der Waals surface area contributed by atoms with Crippen LogP contribution in [0.3, 0.4) is 0 Å².